The van der Waals surface area contributed by atoms with Gasteiger partial charge in [-0.3, -0.25) is 4.79 Å². The molecule has 7 heteroatoms. The van der Waals surface area contributed by atoms with Crippen molar-refractivity contribution in [3.63, 3.8) is 0 Å². The van der Waals surface area contributed by atoms with Crippen molar-refractivity contribution in [1.29, 1.82) is 0 Å². The molecule has 0 aliphatic heterocycles. The van der Waals surface area contributed by atoms with Crippen LogP contribution >= 0.6 is 0 Å². The van der Waals surface area contributed by atoms with Gasteiger partial charge in [-0.1, -0.05) is 6.07 Å². The molecule has 0 saturated carbocycles. The standard InChI is InChI=1S/C21H24FN3O3/c1-13(25(2)9-10-28-17-7-4-15(22)5-8-17)24-16-6-3-14-11-19(26)20(21(23)27)18(14)12-16/h3-8,12,19-20,26H,9-11H2,1-2H3,(H2,23,27). The predicted molar refractivity (Wildman–Crippen MR) is 105 cm³/mol. The van der Waals surface area contributed by atoms with Crippen LogP contribution in [0.1, 0.15) is 24.0 Å². The molecule has 28 heavy (non-hydrogen) atoms. The van der Waals surface area contributed by atoms with E-state index in [2.05, 4.69) is 4.99 Å². The highest BCUT2D eigenvalue weighted by Gasteiger charge is 2.35. The van der Waals surface area contributed by atoms with Gasteiger partial charge in [-0.25, -0.2) is 9.38 Å². The summed E-state index contributed by atoms with van der Waals surface area (Å²) in [5, 5.41) is 10.1. The van der Waals surface area contributed by atoms with Crippen LogP contribution in [0.5, 0.6) is 5.75 Å². The van der Waals surface area contributed by atoms with Crippen LogP contribution in [0.3, 0.4) is 0 Å². The van der Waals surface area contributed by atoms with Crippen LogP contribution in [-0.4, -0.2) is 48.1 Å². The van der Waals surface area contributed by atoms with Gasteiger partial charge in [0.05, 0.1) is 24.3 Å². The number of ether oxygens (including phenoxy) is 1. The van der Waals surface area contributed by atoms with Crippen molar-refractivity contribution in [2.24, 2.45) is 10.7 Å². The van der Waals surface area contributed by atoms with E-state index in [-0.39, 0.29) is 5.82 Å². The fourth-order valence-electron chi connectivity index (χ4n) is 3.29. The molecule has 2 aromatic carbocycles. The number of fused-ring (bicyclic) bond motifs is 1. The van der Waals surface area contributed by atoms with Gasteiger partial charge in [0.1, 0.15) is 24.0 Å². The quantitative estimate of drug-likeness (QED) is 0.590. The van der Waals surface area contributed by atoms with Crippen molar-refractivity contribution in [2.75, 3.05) is 20.2 Å². The Bertz CT molecular complexity index is 883. The van der Waals surface area contributed by atoms with E-state index in [4.69, 9.17) is 10.5 Å². The second-order valence-corrected chi connectivity index (χ2v) is 6.92. The Labute approximate surface area is 163 Å². The van der Waals surface area contributed by atoms with E-state index in [0.717, 1.165) is 17.0 Å². The fourth-order valence-corrected chi connectivity index (χ4v) is 3.29. The SMILES string of the molecule is CC(=Nc1ccc2c(c1)C(C(N)=O)C(O)C2)N(C)CCOc1ccc(F)cc1. The van der Waals surface area contributed by atoms with Crippen molar-refractivity contribution >= 4 is 17.4 Å². The molecule has 0 heterocycles. The number of amidine groups is 1. The third kappa shape index (κ3) is 4.48. The lowest BCUT2D eigenvalue weighted by atomic mass is 9.99. The molecule has 148 valence electrons. The van der Waals surface area contributed by atoms with E-state index in [1.165, 1.54) is 12.1 Å². The molecule has 2 atom stereocenters. The zero-order chi connectivity index (χ0) is 20.3. The Balaban J connectivity index is 1.63. The molecule has 1 aliphatic rings. The maximum absolute atomic E-state index is 12.9. The summed E-state index contributed by atoms with van der Waals surface area (Å²) in [5.41, 5.74) is 7.80. The van der Waals surface area contributed by atoms with Gasteiger partial charge in [-0.05, 0) is 60.9 Å². The third-order valence-electron chi connectivity index (χ3n) is 4.94. The van der Waals surface area contributed by atoms with Gasteiger partial charge in [0.25, 0.3) is 0 Å². The van der Waals surface area contributed by atoms with E-state index in [1.54, 1.807) is 12.1 Å². The van der Waals surface area contributed by atoms with Crippen LogP contribution in [0.4, 0.5) is 10.1 Å². The summed E-state index contributed by atoms with van der Waals surface area (Å²) in [5.74, 6) is -0.129. The average Bonchev–Trinajstić information content (AvgIpc) is 2.98. The Morgan fingerprint density at radius 3 is 2.71 bits per heavy atom. The second-order valence-electron chi connectivity index (χ2n) is 6.92. The number of halogens is 1. The van der Waals surface area contributed by atoms with Gasteiger partial charge in [0, 0.05) is 7.05 Å². The molecule has 1 amide bonds. The number of nitrogens with two attached hydrogens (primary N) is 1. The number of carbonyl (C=O) groups excluding carboxylic acids is 1. The minimum atomic E-state index is -0.779. The molecule has 0 saturated heterocycles. The summed E-state index contributed by atoms with van der Waals surface area (Å²) in [6.07, 6.45) is -0.355. The number of benzene rings is 2. The maximum atomic E-state index is 12.9. The van der Waals surface area contributed by atoms with Crippen molar-refractivity contribution in [3.05, 3.63) is 59.4 Å². The lowest BCUT2D eigenvalue weighted by Crippen LogP contribution is -2.29. The number of primary amides is 1. The fraction of sp³-hybridized carbons (Fsp3) is 0.333. The number of carbonyl (C=O) groups is 1. The zero-order valence-corrected chi connectivity index (χ0v) is 15.9. The molecule has 6 nitrogen and oxygen atoms in total. The van der Waals surface area contributed by atoms with Crippen LogP contribution in [0.15, 0.2) is 47.5 Å². The van der Waals surface area contributed by atoms with E-state index in [1.807, 2.05) is 37.1 Å². The highest BCUT2D eigenvalue weighted by Crippen LogP contribution is 2.35. The molecule has 1 aliphatic carbocycles. The highest BCUT2D eigenvalue weighted by atomic mass is 19.1. The van der Waals surface area contributed by atoms with Gasteiger partial charge in [-0.15, -0.1) is 0 Å². The molecule has 0 bridgehead atoms. The highest BCUT2D eigenvalue weighted by molar-refractivity contribution is 5.85. The summed E-state index contributed by atoms with van der Waals surface area (Å²) in [7, 11) is 1.90. The normalized spacial score (nSPS) is 18.6. The van der Waals surface area contributed by atoms with Crippen molar-refractivity contribution in [2.45, 2.75) is 25.4 Å². The van der Waals surface area contributed by atoms with E-state index < -0.39 is 17.9 Å². The minimum absolute atomic E-state index is 0.298. The minimum Gasteiger partial charge on any atom is -0.492 e. The largest absolute Gasteiger partial charge is 0.492 e. The monoisotopic (exact) mass is 385 g/mol. The molecular weight excluding hydrogens is 361 g/mol. The summed E-state index contributed by atoms with van der Waals surface area (Å²) in [6, 6.07) is 11.4. The molecule has 0 radical (unpaired) electrons. The molecule has 0 spiro atoms. The number of rotatable bonds is 6. The molecular formula is C21H24FN3O3. The first kappa shape index (κ1) is 19.8. The van der Waals surface area contributed by atoms with Crippen LogP contribution in [-0.2, 0) is 11.2 Å². The Morgan fingerprint density at radius 2 is 2.04 bits per heavy atom. The molecule has 3 N–H and O–H groups in total. The topological polar surface area (TPSA) is 88.1 Å². The second kappa shape index (κ2) is 8.39. The predicted octanol–water partition coefficient (Wildman–Crippen LogP) is 2.37. The molecule has 2 aromatic rings. The van der Waals surface area contributed by atoms with Gasteiger partial charge < -0.3 is 20.5 Å². The molecule has 0 aromatic heterocycles. The third-order valence-corrected chi connectivity index (χ3v) is 4.94. The number of likely N-dealkylation sites (N-methyl/N-ethyl adjacent to an activating group) is 1. The van der Waals surface area contributed by atoms with Crippen molar-refractivity contribution < 1.29 is 19.0 Å². The molecule has 3 rings (SSSR count). The average molecular weight is 385 g/mol. The van der Waals surface area contributed by atoms with Crippen LogP contribution in [0.25, 0.3) is 0 Å². The molecule has 0 fully saturated rings. The number of aliphatic imine (C=N–C) groups is 1. The Kier molecular flexibility index (Phi) is 5.94. The van der Waals surface area contributed by atoms with Gasteiger partial charge >= 0.3 is 0 Å². The smallest absolute Gasteiger partial charge is 0.227 e. The van der Waals surface area contributed by atoms with E-state index >= 15 is 0 Å². The number of hydrogen-bond acceptors (Lipinski definition) is 4. The van der Waals surface area contributed by atoms with E-state index in [0.29, 0.717) is 31.0 Å². The van der Waals surface area contributed by atoms with Crippen molar-refractivity contribution in [3.8, 4) is 5.75 Å². The maximum Gasteiger partial charge on any atom is 0.227 e. The van der Waals surface area contributed by atoms with Gasteiger partial charge in [-0.2, -0.15) is 0 Å². The van der Waals surface area contributed by atoms with Gasteiger partial charge in [0.15, 0.2) is 0 Å². The van der Waals surface area contributed by atoms with E-state index in [9.17, 15) is 14.3 Å². The molecule has 2 unspecified atom stereocenters. The number of amides is 1. The summed E-state index contributed by atoms with van der Waals surface area (Å²) < 4.78 is 18.5. The number of hydrogen-bond donors (Lipinski definition) is 2. The first-order chi connectivity index (χ1) is 13.3. The summed E-state index contributed by atoms with van der Waals surface area (Å²) in [4.78, 5) is 18.2. The number of aliphatic hydroxyl groups is 1. The lowest BCUT2D eigenvalue weighted by molar-refractivity contribution is -0.121. The first-order valence-electron chi connectivity index (χ1n) is 9.10. The van der Waals surface area contributed by atoms with Crippen LogP contribution < -0.4 is 10.5 Å². The summed E-state index contributed by atoms with van der Waals surface area (Å²) in [6.45, 7) is 2.90. The van der Waals surface area contributed by atoms with Crippen molar-refractivity contribution in [1.82, 2.24) is 4.90 Å². The number of nitrogens with zero attached hydrogens (tertiary/aromatic N) is 2. The zero-order valence-electron chi connectivity index (χ0n) is 15.9. The van der Waals surface area contributed by atoms with Gasteiger partial charge in [0.2, 0.25) is 5.91 Å². The Hall–Kier alpha value is -2.93. The Morgan fingerprint density at radius 1 is 1.32 bits per heavy atom. The lowest BCUT2D eigenvalue weighted by Gasteiger charge is -2.19. The number of aliphatic hydroxyl groups excluding tert-OH is 1. The summed E-state index contributed by atoms with van der Waals surface area (Å²) >= 11 is 0. The first-order valence-corrected chi connectivity index (χ1v) is 9.10. The van der Waals surface area contributed by atoms with Crippen LogP contribution in [0.2, 0.25) is 0 Å². The van der Waals surface area contributed by atoms with Crippen LogP contribution in [0, 0.1) is 5.82 Å².